The average Bonchev–Trinajstić information content (AvgIpc) is 1.49. The van der Waals surface area contributed by atoms with Gasteiger partial charge in [0.25, 0.3) is 0 Å². The summed E-state index contributed by atoms with van der Waals surface area (Å²) in [5, 5.41) is 36.8. The highest BCUT2D eigenvalue weighted by molar-refractivity contribution is 6.13. The summed E-state index contributed by atoms with van der Waals surface area (Å²) in [4.78, 5) is 173. The number of aliphatic carboxylic acids is 3. The minimum atomic E-state index is -1.75. The second kappa shape index (κ2) is 31.6. The third kappa shape index (κ3) is 19.2. The fourth-order valence-corrected chi connectivity index (χ4v) is 14.3. The summed E-state index contributed by atoms with van der Waals surface area (Å²) >= 11 is 0. The van der Waals surface area contributed by atoms with Gasteiger partial charge in [-0.1, -0.05) is 119 Å². The van der Waals surface area contributed by atoms with Crippen LogP contribution in [0.4, 0.5) is 0 Å². The van der Waals surface area contributed by atoms with Gasteiger partial charge in [-0.25, -0.2) is 0 Å². The van der Waals surface area contributed by atoms with Crippen LogP contribution in [0, 0.1) is 93.2 Å². The van der Waals surface area contributed by atoms with Crippen LogP contribution in [0.25, 0.3) is 0 Å². The van der Waals surface area contributed by atoms with Crippen LogP contribution in [0.5, 0.6) is 5.75 Å². The van der Waals surface area contributed by atoms with E-state index in [1.807, 2.05) is 44.9 Å². The molecule has 0 aliphatic carbocycles. The second-order valence-corrected chi connectivity index (χ2v) is 29.5. The summed E-state index contributed by atoms with van der Waals surface area (Å²) in [7, 11) is 7.34. The molecule has 22 nitrogen and oxygen atoms in total. The summed E-state index contributed by atoms with van der Waals surface area (Å²) in [6.07, 6.45) is -0.917. The molecule has 10 atom stereocenters. The van der Waals surface area contributed by atoms with Gasteiger partial charge in [0, 0.05) is 24.2 Å². The number of ketones is 2. The van der Waals surface area contributed by atoms with E-state index in [4.69, 9.17) is 14.2 Å². The van der Waals surface area contributed by atoms with E-state index in [0.29, 0.717) is 31.5 Å². The lowest BCUT2D eigenvalue weighted by molar-refractivity contribution is -0.169. The molecule has 2 heterocycles. The number of carbonyl (C=O) groups is 12. The van der Waals surface area contributed by atoms with Crippen molar-refractivity contribution in [3.05, 3.63) is 65.2 Å². The van der Waals surface area contributed by atoms with Crippen molar-refractivity contribution in [2.45, 2.75) is 148 Å². The van der Waals surface area contributed by atoms with Crippen LogP contribution in [0.15, 0.2) is 48.5 Å². The summed E-state index contributed by atoms with van der Waals surface area (Å²) in [5.74, 6) is -24.9. The van der Waals surface area contributed by atoms with Gasteiger partial charge in [-0.15, -0.1) is 0 Å². The number of hydrogen-bond acceptors (Lipinski definition) is 17. The standard InChI is InChI=1S/C70H102N4O18/c1-19-66(5,6)55(65(89)91-44-29-27-43(28-30-44)50(76)35-49(75)42-25-23-40(3)24-26-42)48(61(84)85)39-70(13,14)54(63(87)90-20-2)47(60(82)83)38-69(11,12)53-45(57(78)74(58(53)79)34-22-33-73(17)18)36-68(9,10)52(56(77)71-31-21-32-72(15)16)46(59(80)81)37-67(7,8)51-41(4)62(86)92-64(51)88/h23-30,41,45-48,51-55H,19-22,31-39H2,1-18H3,(H,71,77)(H,80,81)(H,82,83)(H,84,85). The van der Waals surface area contributed by atoms with Crippen LogP contribution in [-0.4, -0.2) is 162 Å². The first-order valence-corrected chi connectivity index (χ1v) is 32.0. The van der Waals surface area contributed by atoms with Crippen LogP contribution in [0.3, 0.4) is 0 Å². The van der Waals surface area contributed by atoms with Crippen molar-refractivity contribution >= 4 is 71.1 Å². The van der Waals surface area contributed by atoms with Gasteiger partial charge in [0.2, 0.25) is 17.7 Å². The topological polar surface area (TPSA) is 315 Å². The van der Waals surface area contributed by atoms with Gasteiger partial charge in [0.05, 0.1) is 72.2 Å². The lowest BCUT2D eigenvalue weighted by Crippen LogP contribution is -2.50. The Balaban J connectivity index is 1.82. The Bertz CT molecular complexity index is 3030. The number of esters is 4. The van der Waals surface area contributed by atoms with Crippen molar-refractivity contribution in [2.24, 2.45) is 86.3 Å². The molecule has 2 aromatic rings. The largest absolute Gasteiger partial charge is 0.481 e. The Morgan fingerprint density at radius 1 is 0.598 bits per heavy atom. The number of rotatable bonds is 37. The zero-order chi connectivity index (χ0) is 69.9. The molecule has 3 amide bonds. The number of ether oxygens (including phenoxy) is 3. The summed E-state index contributed by atoms with van der Waals surface area (Å²) in [6, 6.07) is 12.3. The number of carboxylic acid groups (broad SMARTS) is 3. The van der Waals surface area contributed by atoms with Crippen LogP contribution in [0.2, 0.25) is 0 Å². The minimum Gasteiger partial charge on any atom is -0.481 e. The molecule has 0 spiro atoms. The number of nitrogens with zero attached hydrogens (tertiary/aromatic N) is 3. The zero-order valence-corrected chi connectivity index (χ0v) is 57.4. The summed E-state index contributed by atoms with van der Waals surface area (Å²) in [5.41, 5.74) is -5.52. The molecule has 92 heavy (non-hydrogen) atoms. The number of amides is 3. The molecule has 0 radical (unpaired) electrons. The molecule has 2 fully saturated rings. The van der Waals surface area contributed by atoms with Crippen LogP contribution >= 0.6 is 0 Å². The number of Topliss-reactive ketones (excluding diaryl/α,β-unsaturated/α-hetero) is 2. The fraction of sp³-hybridized carbons (Fsp3) is 0.657. The molecule has 10 unspecified atom stereocenters. The number of benzene rings is 2. The SMILES string of the molecule is CCOC(=O)C(C(CC(C)(C)C1C(=O)N(CCCN(C)C)C(=O)C1CC(C)(C)C(C(=O)NCCCN(C)C)C(CC(C)(C)C1C(=O)OC(=O)C1C)C(=O)O)C(=O)O)C(C)(C)CC(C(=O)O)C(C(=O)Oc1ccc(C(=O)CC(=O)c2ccc(C)cc2)cc1)C(C)(C)CC. The maximum absolute atomic E-state index is 15.3. The number of nitrogens with one attached hydrogen (secondary N) is 1. The Hall–Kier alpha value is -7.20. The molecule has 0 aromatic heterocycles. The van der Waals surface area contributed by atoms with E-state index >= 15 is 9.59 Å². The smallest absolute Gasteiger partial charge is 0.318 e. The average molecular weight is 1290 g/mol. The van der Waals surface area contributed by atoms with E-state index < -0.39 is 171 Å². The third-order valence-electron chi connectivity index (χ3n) is 19.3. The first-order valence-electron chi connectivity index (χ1n) is 32.0. The molecule has 0 saturated carbocycles. The van der Waals surface area contributed by atoms with Crippen molar-refractivity contribution in [1.82, 2.24) is 20.0 Å². The lowest BCUT2D eigenvalue weighted by Gasteiger charge is -2.45. The van der Waals surface area contributed by atoms with Gasteiger partial charge >= 0.3 is 41.8 Å². The highest BCUT2D eigenvalue weighted by Crippen LogP contribution is 2.55. The van der Waals surface area contributed by atoms with Crippen molar-refractivity contribution < 1.29 is 87.1 Å². The predicted molar refractivity (Wildman–Crippen MR) is 341 cm³/mol. The third-order valence-corrected chi connectivity index (χ3v) is 19.3. The van der Waals surface area contributed by atoms with E-state index in [0.717, 1.165) is 10.5 Å². The van der Waals surface area contributed by atoms with E-state index in [1.54, 1.807) is 86.6 Å². The van der Waals surface area contributed by atoms with Gasteiger partial charge in [0.15, 0.2) is 11.6 Å². The Labute approximate surface area is 542 Å². The van der Waals surface area contributed by atoms with Crippen molar-refractivity contribution in [1.29, 1.82) is 0 Å². The lowest BCUT2D eigenvalue weighted by atomic mass is 9.57. The molecule has 2 aromatic carbocycles. The first-order chi connectivity index (χ1) is 42.5. The van der Waals surface area contributed by atoms with E-state index in [9.17, 15) is 63.3 Å². The molecule has 2 aliphatic heterocycles. The molecule has 4 rings (SSSR count). The number of cyclic esters (lactones) is 2. The first kappa shape index (κ1) is 77.2. The van der Waals surface area contributed by atoms with E-state index in [2.05, 4.69) is 5.32 Å². The van der Waals surface area contributed by atoms with E-state index in [-0.39, 0.29) is 56.1 Å². The van der Waals surface area contributed by atoms with Crippen LogP contribution < -0.4 is 10.1 Å². The highest BCUT2D eigenvalue weighted by atomic mass is 16.6. The van der Waals surface area contributed by atoms with Crippen LogP contribution in [-0.2, 0) is 57.4 Å². The number of hydrogen-bond donors (Lipinski definition) is 4. The van der Waals surface area contributed by atoms with Gasteiger partial charge < -0.3 is 44.6 Å². The molecule has 2 aliphatic rings. The summed E-state index contributed by atoms with van der Waals surface area (Å²) < 4.78 is 16.5. The molecule has 0 bridgehead atoms. The molecular formula is C70H102N4O18. The number of aryl methyl sites for hydroxylation is 1. The second-order valence-electron chi connectivity index (χ2n) is 29.5. The molecule has 510 valence electrons. The number of likely N-dealkylation sites (tertiary alicyclic amines) is 1. The van der Waals surface area contributed by atoms with Gasteiger partial charge in [0.1, 0.15) is 5.75 Å². The highest BCUT2D eigenvalue weighted by Gasteiger charge is 2.60. The van der Waals surface area contributed by atoms with Gasteiger partial charge in [-0.3, -0.25) is 62.4 Å². The molecule has 4 N–H and O–H groups in total. The molecular weight excluding hydrogens is 1180 g/mol. The van der Waals surface area contributed by atoms with Gasteiger partial charge in [-0.05, 0) is 145 Å². The number of imide groups is 1. The molecule has 22 heteroatoms. The predicted octanol–water partition coefficient (Wildman–Crippen LogP) is 8.93. The maximum Gasteiger partial charge on any atom is 0.318 e. The Morgan fingerprint density at radius 3 is 1.53 bits per heavy atom. The quantitative estimate of drug-likeness (QED) is 0.0122. The van der Waals surface area contributed by atoms with Crippen molar-refractivity contribution in [3.8, 4) is 5.75 Å². The number of carboxylic acids is 3. The van der Waals surface area contributed by atoms with Crippen molar-refractivity contribution in [2.75, 3.05) is 61.0 Å². The molecule has 2 saturated heterocycles. The minimum absolute atomic E-state index is 0.0341. The van der Waals surface area contributed by atoms with Gasteiger partial charge in [-0.2, -0.15) is 0 Å². The zero-order valence-electron chi connectivity index (χ0n) is 57.4. The number of carbonyl (C=O) groups excluding carboxylic acids is 9. The Morgan fingerprint density at radius 2 is 1.07 bits per heavy atom. The fourth-order valence-electron chi connectivity index (χ4n) is 14.3. The summed E-state index contributed by atoms with van der Waals surface area (Å²) in [6.45, 7) is 23.7. The monoisotopic (exact) mass is 1290 g/mol. The van der Waals surface area contributed by atoms with Crippen LogP contribution in [0.1, 0.15) is 168 Å². The van der Waals surface area contributed by atoms with Crippen molar-refractivity contribution in [3.63, 3.8) is 0 Å². The maximum atomic E-state index is 15.3. The Kier molecular flexibility index (Phi) is 26.5. The normalized spacial score (nSPS) is 19.5. The van der Waals surface area contributed by atoms with E-state index in [1.165, 1.54) is 52.0 Å².